The highest BCUT2D eigenvalue weighted by Crippen LogP contribution is 2.21. The van der Waals surface area contributed by atoms with E-state index in [0.717, 1.165) is 31.2 Å². The maximum atomic E-state index is 12.6. The van der Waals surface area contributed by atoms with Crippen LogP contribution in [0.25, 0.3) is 0 Å². The smallest absolute Gasteiger partial charge is 0.309 e. The zero-order valence-corrected chi connectivity index (χ0v) is 17.9. The molecule has 0 heterocycles. The first-order chi connectivity index (χ1) is 13.3. The molecule has 0 amide bonds. The third-order valence-electron chi connectivity index (χ3n) is 5.37. The third-order valence-corrected chi connectivity index (χ3v) is 5.37. The molecule has 0 bridgehead atoms. The Labute approximate surface area is 168 Å². The van der Waals surface area contributed by atoms with Crippen LogP contribution in [0.5, 0.6) is 0 Å². The molecule has 0 aliphatic carbocycles. The van der Waals surface area contributed by atoms with Crippen LogP contribution in [0.2, 0.25) is 0 Å². The molecule has 0 saturated heterocycles. The molecule has 0 N–H and O–H groups in total. The zero-order valence-electron chi connectivity index (χ0n) is 17.9. The third kappa shape index (κ3) is 12.7. The molecule has 1 rings (SSSR count). The lowest BCUT2D eigenvalue weighted by Crippen LogP contribution is -2.18. The first-order valence-corrected chi connectivity index (χ1v) is 11.5. The van der Waals surface area contributed by atoms with Crippen LogP contribution in [-0.4, -0.2) is 5.97 Å². The van der Waals surface area contributed by atoms with E-state index in [1.165, 1.54) is 64.2 Å². The van der Waals surface area contributed by atoms with E-state index >= 15 is 0 Å². The van der Waals surface area contributed by atoms with Crippen molar-refractivity contribution in [3.8, 4) is 0 Å². The molecule has 0 aliphatic heterocycles. The average Bonchev–Trinajstić information content (AvgIpc) is 2.70. The summed E-state index contributed by atoms with van der Waals surface area (Å²) in [6.07, 6.45) is 17.3. The Balaban J connectivity index is 2.32. The summed E-state index contributed by atoms with van der Waals surface area (Å²) in [6, 6.07) is 10.0. The van der Waals surface area contributed by atoms with Crippen LogP contribution >= 0.6 is 0 Å². The van der Waals surface area contributed by atoms with Gasteiger partial charge in [-0.15, -0.1) is 0 Å². The molecule has 0 spiro atoms. The van der Waals surface area contributed by atoms with Crippen LogP contribution in [0.1, 0.15) is 109 Å². The lowest BCUT2D eigenvalue weighted by molar-refractivity contribution is -0.150. The molecule has 0 fully saturated rings. The zero-order chi connectivity index (χ0) is 19.6. The van der Waals surface area contributed by atoms with Gasteiger partial charge in [0, 0.05) is 0 Å². The van der Waals surface area contributed by atoms with Crippen LogP contribution in [0, 0.1) is 5.92 Å². The predicted octanol–water partition coefficient (Wildman–Crippen LogP) is 7.85. The van der Waals surface area contributed by atoms with Gasteiger partial charge >= 0.3 is 5.97 Å². The van der Waals surface area contributed by atoms with Gasteiger partial charge in [-0.25, -0.2) is 0 Å². The van der Waals surface area contributed by atoms with Crippen molar-refractivity contribution in [2.24, 2.45) is 5.92 Å². The maximum absolute atomic E-state index is 12.6. The summed E-state index contributed by atoms with van der Waals surface area (Å²) in [5.41, 5.74) is 1.07. The Morgan fingerprint density at radius 3 is 1.74 bits per heavy atom. The topological polar surface area (TPSA) is 26.3 Å². The van der Waals surface area contributed by atoms with Gasteiger partial charge in [0.25, 0.3) is 0 Å². The van der Waals surface area contributed by atoms with Gasteiger partial charge in [-0.1, -0.05) is 121 Å². The van der Waals surface area contributed by atoms with Crippen molar-refractivity contribution in [3.63, 3.8) is 0 Å². The summed E-state index contributed by atoms with van der Waals surface area (Å²) >= 11 is 0. The second kappa shape index (κ2) is 16.8. The van der Waals surface area contributed by atoms with E-state index in [9.17, 15) is 4.79 Å². The number of carbonyl (C=O) groups is 1. The molecule has 1 aromatic rings. The Kier molecular flexibility index (Phi) is 14.8. The van der Waals surface area contributed by atoms with Crippen molar-refractivity contribution in [3.05, 3.63) is 35.9 Å². The Morgan fingerprint density at radius 2 is 1.22 bits per heavy atom. The maximum Gasteiger partial charge on any atom is 0.309 e. The fraction of sp³-hybridized carbons (Fsp3) is 0.720. The Bertz CT molecular complexity index is 455. The fourth-order valence-electron chi connectivity index (χ4n) is 3.57. The van der Waals surface area contributed by atoms with Gasteiger partial charge in [0.05, 0.1) is 5.92 Å². The van der Waals surface area contributed by atoms with Gasteiger partial charge in [0.1, 0.15) is 6.61 Å². The van der Waals surface area contributed by atoms with Crippen LogP contribution in [-0.2, 0) is 16.1 Å². The highest BCUT2D eigenvalue weighted by atomic mass is 16.5. The van der Waals surface area contributed by atoms with Gasteiger partial charge in [-0.2, -0.15) is 0 Å². The number of carbonyl (C=O) groups excluding carboxylic acids is 1. The van der Waals surface area contributed by atoms with Gasteiger partial charge in [0.2, 0.25) is 0 Å². The summed E-state index contributed by atoms with van der Waals surface area (Å²) in [5, 5.41) is 0. The minimum absolute atomic E-state index is 0.0142. The second-order valence-electron chi connectivity index (χ2n) is 7.90. The van der Waals surface area contributed by atoms with E-state index < -0.39 is 0 Å². The van der Waals surface area contributed by atoms with Gasteiger partial charge in [0.15, 0.2) is 0 Å². The lowest BCUT2D eigenvalue weighted by atomic mass is 9.94. The predicted molar refractivity (Wildman–Crippen MR) is 116 cm³/mol. The van der Waals surface area contributed by atoms with Crippen LogP contribution < -0.4 is 0 Å². The number of ether oxygens (including phenoxy) is 1. The molecular formula is C25H42O2. The molecule has 27 heavy (non-hydrogen) atoms. The molecule has 0 radical (unpaired) electrons. The molecule has 0 saturated carbocycles. The van der Waals surface area contributed by atoms with Gasteiger partial charge in [-0.3, -0.25) is 4.79 Å². The number of benzene rings is 1. The number of rotatable bonds is 17. The van der Waals surface area contributed by atoms with E-state index in [1.807, 2.05) is 30.3 Å². The molecule has 0 aliphatic rings. The molecule has 1 aromatic carbocycles. The molecule has 2 heteroatoms. The van der Waals surface area contributed by atoms with E-state index in [4.69, 9.17) is 4.74 Å². The highest BCUT2D eigenvalue weighted by molar-refractivity contribution is 5.72. The first-order valence-electron chi connectivity index (χ1n) is 11.5. The average molecular weight is 375 g/mol. The summed E-state index contributed by atoms with van der Waals surface area (Å²) in [4.78, 5) is 12.6. The quantitative estimate of drug-likeness (QED) is 0.205. The Hall–Kier alpha value is -1.31. The minimum Gasteiger partial charge on any atom is -0.461 e. The number of hydrogen-bond donors (Lipinski definition) is 0. The SMILES string of the molecule is CCCCCCCCCC(CCCCCCC)C(=O)OCc1ccccc1. The first kappa shape index (κ1) is 23.7. The number of hydrogen-bond acceptors (Lipinski definition) is 2. The minimum atomic E-state index is 0.0142. The summed E-state index contributed by atoms with van der Waals surface area (Å²) < 4.78 is 5.64. The van der Waals surface area contributed by atoms with Crippen LogP contribution in [0.15, 0.2) is 30.3 Å². The summed E-state index contributed by atoms with van der Waals surface area (Å²) in [6.45, 7) is 4.90. The monoisotopic (exact) mass is 374 g/mol. The van der Waals surface area contributed by atoms with E-state index in [-0.39, 0.29) is 11.9 Å². The molecule has 1 atom stereocenters. The van der Waals surface area contributed by atoms with Crippen molar-refractivity contribution in [2.45, 2.75) is 110 Å². The van der Waals surface area contributed by atoms with E-state index in [2.05, 4.69) is 13.8 Å². The van der Waals surface area contributed by atoms with Gasteiger partial charge < -0.3 is 4.74 Å². The standard InChI is InChI=1S/C25H42O2/c1-3-5-7-9-10-12-17-21-24(20-16-11-8-6-4-2)25(26)27-22-23-18-14-13-15-19-23/h13-15,18-19,24H,3-12,16-17,20-22H2,1-2H3. The van der Waals surface area contributed by atoms with E-state index in [0.29, 0.717) is 6.61 Å². The van der Waals surface area contributed by atoms with Crippen LogP contribution in [0.3, 0.4) is 0 Å². The highest BCUT2D eigenvalue weighted by Gasteiger charge is 2.19. The molecule has 2 nitrogen and oxygen atoms in total. The van der Waals surface area contributed by atoms with Gasteiger partial charge in [-0.05, 0) is 18.4 Å². The van der Waals surface area contributed by atoms with Crippen molar-refractivity contribution in [1.82, 2.24) is 0 Å². The molecule has 154 valence electrons. The molecular weight excluding hydrogens is 332 g/mol. The number of unbranched alkanes of at least 4 members (excludes halogenated alkanes) is 10. The van der Waals surface area contributed by atoms with Crippen molar-refractivity contribution in [2.75, 3.05) is 0 Å². The van der Waals surface area contributed by atoms with Crippen molar-refractivity contribution >= 4 is 5.97 Å². The van der Waals surface area contributed by atoms with Crippen LogP contribution in [0.4, 0.5) is 0 Å². The Morgan fingerprint density at radius 1 is 0.741 bits per heavy atom. The summed E-state index contributed by atoms with van der Waals surface area (Å²) in [5.74, 6) is 0.103. The van der Waals surface area contributed by atoms with Crippen molar-refractivity contribution < 1.29 is 9.53 Å². The van der Waals surface area contributed by atoms with E-state index in [1.54, 1.807) is 0 Å². The largest absolute Gasteiger partial charge is 0.461 e. The van der Waals surface area contributed by atoms with Crippen molar-refractivity contribution in [1.29, 1.82) is 0 Å². The number of esters is 1. The summed E-state index contributed by atoms with van der Waals surface area (Å²) in [7, 11) is 0. The second-order valence-corrected chi connectivity index (χ2v) is 7.90. The molecule has 0 aromatic heterocycles. The molecule has 1 unspecified atom stereocenters. The normalized spacial score (nSPS) is 12.1. The lowest BCUT2D eigenvalue weighted by Gasteiger charge is -2.16. The fourth-order valence-corrected chi connectivity index (χ4v) is 3.57.